The summed E-state index contributed by atoms with van der Waals surface area (Å²) in [7, 11) is 0. The number of nitro benzene ring substituents is 1. The minimum atomic E-state index is -0.914. The molecule has 1 N–H and O–H groups in total. The highest BCUT2D eigenvalue weighted by Gasteiger charge is 2.18. The average Bonchev–Trinajstić information content (AvgIpc) is 2.63. The molecule has 0 atom stereocenters. The maximum Gasteiger partial charge on any atom is 0.335 e. The van der Waals surface area contributed by atoms with Crippen LogP contribution >= 0.6 is 0 Å². The Morgan fingerprint density at radius 1 is 1.00 bits per heavy atom. The second-order valence-electron chi connectivity index (χ2n) is 6.04. The van der Waals surface area contributed by atoms with Crippen LogP contribution in [0.5, 0.6) is 0 Å². The van der Waals surface area contributed by atoms with E-state index >= 15 is 0 Å². The summed E-state index contributed by atoms with van der Waals surface area (Å²) >= 11 is 0. The number of hydrogen-bond donors (Lipinski definition) is 1. The van der Waals surface area contributed by atoms with E-state index in [2.05, 4.69) is 9.80 Å². The summed E-state index contributed by atoms with van der Waals surface area (Å²) in [6.45, 7) is 4.26. The van der Waals surface area contributed by atoms with E-state index in [0.29, 0.717) is 5.56 Å². The molecule has 1 heterocycles. The van der Waals surface area contributed by atoms with Crippen molar-refractivity contribution in [3.05, 3.63) is 69.8 Å². The van der Waals surface area contributed by atoms with Crippen molar-refractivity contribution in [1.82, 2.24) is 4.90 Å². The molecule has 0 amide bonds. The first-order valence-corrected chi connectivity index (χ1v) is 8.07. The molecule has 2 aromatic rings. The van der Waals surface area contributed by atoms with Crippen molar-refractivity contribution in [2.24, 2.45) is 0 Å². The summed E-state index contributed by atoms with van der Waals surface area (Å²) in [6, 6.07) is 13.6. The van der Waals surface area contributed by atoms with Gasteiger partial charge in [-0.1, -0.05) is 12.1 Å². The lowest BCUT2D eigenvalue weighted by molar-refractivity contribution is -0.384. The molecular formula is C18H19N3O4. The highest BCUT2D eigenvalue weighted by atomic mass is 16.6. The lowest BCUT2D eigenvalue weighted by Crippen LogP contribution is -2.45. The van der Waals surface area contributed by atoms with Crippen LogP contribution in [0, 0.1) is 10.1 Å². The van der Waals surface area contributed by atoms with Crippen LogP contribution in [0.3, 0.4) is 0 Å². The third-order valence-electron chi connectivity index (χ3n) is 4.41. The van der Waals surface area contributed by atoms with Crippen LogP contribution in [-0.4, -0.2) is 47.1 Å². The topological polar surface area (TPSA) is 86.9 Å². The van der Waals surface area contributed by atoms with Crippen LogP contribution < -0.4 is 4.90 Å². The fourth-order valence-electron chi connectivity index (χ4n) is 2.96. The molecule has 0 aliphatic carbocycles. The monoisotopic (exact) mass is 341 g/mol. The number of anilines is 1. The van der Waals surface area contributed by atoms with Crippen LogP contribution in [0.25, 0.3) is 0 Å². The lowest BCUT2D eigenvalue weighted by atomic mass is 10.1. The first-order valence-electron chi connectivity index (χ1n) is 8.07. The van der Waals surface area contributed by atoms with E-state index in [0.717, 1.165) is 44.0 Å². The second-order valence-corrected chi connectivity index (χ2v) is 6.04. The number of piperazine rings is 1. The van der Waals surface area contributed by atoms with Crippen molar-refractivity contribution in [3.8, 4) is 0 Å². The number of carboxylic acid groups (broad SMARTS) is 1. The van der Waals surface area contributed by atoms with Crippen molar-refractivity contribution < 1.29 is 14.8 Å². The molecule has 3 rings (SSSR count). The quantitative estimate of drug-likeness (QED) is 0.664. The third-order valence-corrected chi connectivity index (χ3v) is 4.41. The first-order chi connectivity index (χ1) is 12.0. The van der Waals surface area contributed by atoms with Gasteiger partial charge in [-0.05, 0) is 29.8 Å². The number of aromatic carboxylic acids is 1. The highest BCUT2D eigenvalue weighted by molar-refractivity contribution is 5.87. The van der Waals surface area contributed by atoms with Crippen LogP contribution in [0.15, 0.2) is 48.5 Å². The van der Waals surface area contributed by atoms with Gasteiger partial charge in [-0.15, -0.1) is 0 Å². The molecule has 25 heavy (non-hydrogen) atoms. The van der Waals surface area contributed by atoms with Crippen molar-refractivity contribution >= 4 is 17.3 Å². The van der Waals surface area contributed by atoms with Crippen molar-refractivity contribution in [1.29, 1.82) is 0 Å². The fraction of sp³-hybridized carbons (Fsp3) is 0.278. The van der Waals surface area contributed by atoms with E-state index < -0.39 is 10.9 Å². The molecule has 0 bridgehead atoms. The van der Waals surface area contributed by atoms with Crippen LogP contribution in [0.1, 0.15) is 15.9 Å². The van der Waals surface area contributed by atoms with Gasteiger partial charge >= 0.3 is 5.97 Å². The Hall–Kier alpha value is -2.93. The van der Waals surface area contributed by atoms with Gasteiger partial charge in [0, 0.05) is 50.5 Å². The number of non-ortho nitro benzene ring substituents is 1. The van der Waals surface area contributed by atoms with E-state index in [1.165, 1.54) is 12.1 Å². The minimum absolute atomic E-state index is 0.104. The molecule has 7 heteroatoms. The van der Waals surface area contributed by atoms with Gasteiger partial charge in [-0.3, -0.25) is 15.0 Å². The normalized spacial score (nSPS) is 15.1. The number of carboxylic acids is 1. The predicted octanol–water partition coefficient (Wildman–Crippen LogP) is 2.62. The summed E-state index contributed by atoms with van der Waals surface area (Å²) in [5, 5.41) is 19.6. The zero-order valence-electron chi connectivity index (χ0n) is 13.7. The average molecular weight is 341 g/mol. The zero-order valence-corrected chi connectivity index (χ0v) is 13.7. The molecular weight excluding hydrogens is 322 g/mol. The summed E-state index contributed by atoms with van der Waals surface area (Å²) in [4.78, 5) is 25.7. The van der Waals surface area contributed by atoms with Gasteiger partial charge in [0.2, 0.25) is 0 Å². The number of hydrogen-bond acceptors (Lipinski definition) is 5. The van der Waals surface area contributed by atoms with E-state index in [1.807, 2.05) is 12.1 Å². The molecule has 0 saturated carbocycles. The van der Waals surface area contributed by atoms with Crippen LogP contribution in [0.2, 0.25) is 0 Å². The molecule has 7 nitrogen and oxygen atoms in total. The van der Waals surface area contributed by atoms with Gasteiger partial charge in [-0.2, -0.15) is 0 Å². The van der Waals surface area contributed by atoms with Crippen LogP contribution in [0.4, 0.5) is 11.4 Å². The second kappa shape index (κ2) is 7.31. The van der Waals surface area contributed by atoms with E-state index in [4.69, 9.17) is 5.11 Å². The van der Waals surface area contributed by atoms with Gasteiger partial charge in [0.15, 0.2) is 0 Å². The molecule has 1 saturated heterocycles. The van der Waals surface area contributed by atoms with Gasteiger partial charge in [0.05, 0.1) is 10.5 Å². The highest BCUT2D eigenvalue weighted by Crippen LogP contribution is 2.21. The fourth-order valence-corrected chi connectivity index (χ4v) is 2.96. The van der Waals surface area contributed by atoms with E-state index in [9.17, 15) is 14.9 Å². The summed E-state index contributed by atoms with van der Waals surface area (Å²) in [5.41, 5.74) is 2.49. The maximum absolute atomic E-state index is 10.9. The van der Waals surface area contributed by atoms with Gasteiger partial charge < -0.3 is 10.0 Å². The van der Waals surface area contributed by atoms with Gasteiger partial charge in [0.25, 0.3) is 5.69 Å². The van der Waals surface area contributed by atoms with Gasteiger partial charge in [-0.25, -0.2) is 4.79 Å². The molecule has 0 spiro atoms. The SMILES string of the molecule is O=C(O)c1ccc(CN2CCN(c3ccc([N+](=O)[O-])cc3)CC2)cc1. The summed E-state index contributed by atoms with van der Waals surface area (Å²) in [6.07, 6.45) is 0. The number of rotatable bonds is 5. The minimum Gasteiger partial charge on any atom is -0.478 e. The summed E-state index contributed by atoms with van der Waals surface area (Å²) in [5.74, 6) is -0.914. The maximum atomic E-state index is 10.9. The number of nitrogens with zero attached hydrogens (tertiary/aromatic N) is 3. The Balaban J connectivity index is 1.54. The van der Waals surface area contributed by atoms with Crippen molar-refractivity contribution in [2.45, 2.75) is 6.54 Å². The molecule has 0 unspecified atom stereocenters. The number of benzene rings is 2. The Bertz CT molecular complexity index is 751. The van der Waals surface area contributed by atoms with E-state index in [-0.39, 0.29) is 5.69 Å². The molecule has 0 aromatic heterocycles. The zero-order chi connectivity index (χ0) is 17.8. The molecule has 1 aliphatic heterocycles. The molecule has 130 valence electrons. The Kier molecular flexibility index (Phi) is 4.95. The molecule has 0 radical (unpaired) electrons. The first kappa shape index (κ1) is 16.9. The third kappa shape index (κ3) is 4.13. The van der Waals surface area contributed by atoms with Crippen molar-refractivity contribution in [2.75, 3.05) is 31.1 Å². The molecule has 1 aliphatic rings. The Morgan fingerprint density at radius 3 is 2.12 bits per heavy atom. The largest absolute Gasteiger partial charge is 0.478 e. The smallest absolute Gasteiger partial charge is 0.335 e. The molecule has 2 aromatic carbocycles. The predicted molar refractivity (Wildman–Crippen MR) is 94.0 cm³/mol. The molecule has 1 fully saturated rings. The summed E-state index contributed by atoms with van der Waals surface area (Å²) < 4.78 is 0. The Labute approximate surface area is 145 Å². The lowest BCUT2D eigenvalue weighted by Gasteiger charge is -2.36. The van der Waals surface area contributed by atoms with Crippen molar-refractivity contribution in [3.63, 3.8) is 0 Å². The Morgan fingerprint density at radius 2 is 1.60 bits per heavy atom. The van der Waals surface area contributed by atoms with E-state index in [1.54, 1.807) is 24.3 Å². The number of carbonyl (C=O) groups is 1. The standard InChI is InChI=1S/C18H19N3O4/c22-18(23)15-3-1-14(2-4-15)13-19-9-11-20(12-10-19)16-5-7-17(8-6-16)21(24)25/h1-8H,9-13H2,(H,22,23). The van der Waals surface area contributed by atoms with Crippen LogP contribution in [-0.2, 0) is 6.54 Å². The number of nitro groups is 1. The van der Waals surface area contributed by atoms with Gasteiger partial charge in [0.1, 0.15) is 0 Å².